The molecule has 0 aliphatic carbocycles. The molecule has 0 aliphatic rings. The quantitative estimate of drug-likeness (QED) is 0.266. The molecule has 0 saturated heterocycles. The van der Waals surface area contributed by atoms with Crippen LogP contribution in [0.5, 0.6) is 11.5 Å². The lowest BCUT2D eigenvalue weighted by Gasteiger charge is -2.12. The number of hydrogen-bond acceptors (Lipinski definition) is 5. The van der Waals surface area contributed by atoms with Crippen molar-refractivity contribution in [1.29, 1.82) is 0 Å². The van der Waals surface area contributed by atoms with E-state index in [-0.39, 0.29) is 31.3 Å². The summed E-state index contributed by atoms with van der Waals surface area (Å²) < 4.78 is 11.2. The summed E-state index contributed by atoms with van der Waals surface area (Å²) in [5.74, 6) is 0.415. The molecule has 2 amide bonds. The normalized spacial score (nSPS) is 10.7. The number of anilines is 1. The van der Waals surface area contributed by atoms with Crippen molar-refractivity contribution in [2.24, 2.45) is 5.10 Å². The van der Waals surface area contributed by atoms with E-state index in [2.05, 4.69) is 15.8 Å². The number of rotatable bonds is 10. The number of ether oxygens (including phenoxy) is 2. The second-order valence-corrected chi connectivity index (χ2v) is 8.49. The van der Waals surface area contributed by atoms with E-state index in [0.29, 0.717) is 32.8 Å². The standard InChI is InChI=1S/C26H25Cl2N3O4/c1-17-3-8-21(9-4-17)30-25(32)11-12-26(33)31-29-15-18-5-10-23(24(13-18)34-2)35-16-19-6-7-20(27)14-22(19)28/h3-10,13-15H,11-12,16H2,1-2H3,(H,30,32)(H,31,33). The van der Waals surface area contributed by atoms with Crippen molar-refractivity contribution < 1.29 is 19.1 Å². The number of hydrazone groups is 1. The van der Waals surface area contributed by atoms with Crippen LogP contribution >= 0.6 is 23.2 Å². The van der Waals surface area contributed by atoms with Crippen molar-refractivity contribution in [1.82, 2.24) is 5.43 Å². The summed E-state index contributed by atoms with van der Waals surface area (Å²) >= 11 is 12.1. The zero-order valence-corrected chi connectivity index (χ0v) is 20.8. The van der Waals surface area contributed by atoms with Gasteiger partial charge in [0.25, 0.3) is 0 Å². The summed E-state index contributed by atoms with van der Waals surface area (Å²) in [5.41, 5.74) is 5.69. The number of carbonyl (C=O) groups excluding carboxylic acids is 2. The highest BCUT2D eigenvalue weighted by molar-refractivity contribution is 6.35. The maximum atomic E-state index is 12.0. The van der Waals surface area contributed by atoms with E-state index in [1.54, 1.807) is 36.4 Å². The van der Waals surface area contributed by atoms with Gasteiger partial charge in [-0.1, -0.05) is 47.0 Å². The van der Waals surface area contributed by atoms with Gasteiger partial charge >= 0.3 is 0 Å². The third-order valence-electron chi connectivity index (χ3n) is 4.90. The SMILES string of the molecule is COc1cc(C=NNC(=O)CCC(=O)Nc2ccc(C)cc2)ccc1OCc1ccc(Cl)cc1Cl. The number of nitrogens with zero attached hydrogens (tertiary/aromatic N) is 1. The number of halogens is 2. The van der Waals surface area contributed by atoms with Gasteiger partial charge < -0.3 is 14.8 Å². The predicted octanol–water partition coefficient (Wildman–Crippen LogP) is 5.76. The fourth-order valence-electron chi connectivity index (χ4n) is 3.00. The van der Waals surface area contributed by atoms with Gasteiger partial charge in [0.05, 0.1) is 13.3 Å². The maximum Gasteiger partial charge on any atom is 0.240 e. The van der Waals surface area contributed by atoms with Crippen molar-refractivity contribution in [3.8, 4) is 11.5 Å². The highest BCUT2D eigenvalue weighted by Gasteiger charge is 2.09. The van der Waals surface area contributed by atoms with E-state index in [0.717, 1.165) is 11.1 Å². The molecular weight excluding hydrogens is 489 g/mol. The minimum Gasteiger partial charge on any atom is -0.493 e. The second kappa shape index (κ2) is 12.8. The Hall–Kier alpha value is -3.55. The number of benzene rings is 3. The minimum atomic E-state index is -0.368. The molecule has 182 valence electrons. The lowest BCUT2D eigenvalue weighted by Crippen LogP contribution is -2.20. The van der Waals surface area contributed by atoms with Crippen LogP contribution in [0.1, 0.15) is 29.5 Å². The number of carbonyl (C=O) groups is 2. The van der Waals surface area contributed by atoms with Gasteiger partial charge in [-0.25, -0.2) is 5.43 Å². The monoisotopic (exact) mass is 513 g/mol. The summed E-state index contributed by atoms with van der Waals surface area (Å²) in [6.45, 7) is 2.21. The zero-order chi connectivity index (χ0) is 25.2. The number of hydrogen-bond donors (Lipinski definition) is 2. The minimum absolute atomic E-state index is 0.0123. The molecule has 3 aromatic rings. The summed E-state index contributed by atoms with van der Waals surface area (Å²) in [6, 6.07) is 17.9. The van der Waals surface area contributed by atoms with Gasteiger partial charge in [0.15, 0.2) is 11.5 Å². The molecule has 0 unspecified atom stereocenters. The highest BCUT2D eigenvalue weighted by atomic mass is 35.5. The van der Waals surface area contributed by atoms with E-state index >= 15 is 0 Å². The van der Waals surface area contributed by atoms with Gasteiger partial charge in [-0.15, -0.1) is 0 Å². The number of nitrogens with one attached hydrogen (secondary N) is 2. The second-order valence-electron chi connectivity index (χ2n) is 7.64. The molecule has 0 saturated carbocycles. The fourth-order valence-corrected chi connectivity index (χ4v) is 3.46. The number of amides is 2. The summed E-state index contributed by atoms with van der Waals surface area (Å²) in [7, 11) is 1.53. The summed E-state index contributed by atoms with van der Waals surface area (Å²) in [6.07, 6.45) is 1.54. The van der Waals surface area contributed by atoms with Crippen LogP contribution in [0.15, 0.2) is 65.8 Å². The average Bonchev–Trinajstić information content (AvgIpc) is 2.84. The first-order valence-electron chi connectivity index (χ1n) is 10.8. The Balaban J connectivity index is 1.47. The first-order chi connectivity index (χ1) is 16.8. The Bertz CT molecular complexity index is 1210. The molecule has 0 spiro atoms. The van der Waals surface area contributed by atoms with Gasteiger partial charge in [0.1, 0.15) is 6.61 Å². The Morgan fingerprint density at radius 2 is 1.69 bits per heavy atom. The first kappa shape index (κ1) is 26.1. The van der Waals surface area contributed by atoms with Crippen LogP contribution in [-0.4, -0.2) is 25.1 Å². The molecule has 35 heavy (non-hydrogen) atoms. The van der Waals surface area contributed by atoms with Gasteiger partial charge in [-0.3, -0.25) is 9.59 Å². The van der Waals surface area contributed by atoms with Gasteiger partial charge in [0.2, 0.25) is 11.8 Å². The van der Waals surface area contributed by atoms with E-state index in [4.69, 9.17) is 32.7 Å². The number of methoxy groups -OCH3 is 1. The van der Waals surface area contributed by atoms with Crippen molar-refractivity contribution >= 4 is 46.9 Å². The molecule has 0 aromatic heterocycles. The van der Waals surface area contributed by atoms with Crippen molar-refractivity contribution in [2.45, 2.75) is 26.4 Å². The molecule has 2 N–H and O–H groups in total. The van der Waals surface area contributed by atoms with Gasteiger partial charge in [-0.05, 0) is 55.0 Å². The topological polar surface area (TPSA) is 89.0 Å². The number of aryl methyl sites for hydroxylation is 1. The van der Waals surface area contributed by atoms with E-state index in [1.807, 2.05) is 31.2 Å². The van der Waals surface area contributed by atoms with Crippen LogP contribution in [0.4, 0.5) is 5.69 Å². The van der Waals surface area contributed by atoms with Crippen LogP contribution in [0.3, 0.4) is 0 Å². The van der Waals surface area contributed by atoms with Gasteiger partial charge in [-0.2, -0.15) is 5.10 Å². The highest BCUT2D eigenvalue weighted by Crippen LogP contribution is 2.29. The molecular formula is C26H25Cl2N3O4. The van der Waals surface area contributed by atoms with Crippen molar-refractivity contribution in [2.75, 3.05) is 12.4 Å². The van der Waals surface area contributed by atoms with Crippen molar-refractivity contribution in [3.05, 3.63) is 87.4 Å². The van der Waals surface area contributed by atoms with E-state index in [9.17, 15) is 9.59 Å². The average molecular weight is 514 g/mol. The van der Waals surface area contributed by atoms with Crippen molar-refractivity contribution in [3.63, 3.8) is 0 Å². The third-order valence-corrected chi connectivity index (χ3v) is 5.49. The lowest BCUT2D eigenvalue weighted by atomic mass is 10.2. The molecule has 0 aliphatic heterocycles. The fraction of sp³-hybridized carbons (Fsp3) is 0.192. The summed E-state index contributed by atoms with van der Waals surface area (Å²) in [4.78, 5) is 24.0. The largest absolute Gasteiger partial charge is 0.493 e. The molecule has 0 atom stereocenters. The van der Waals surface area contributed by atoms with E-state index in [1.165, 1.54) is 13.3 Å². The molecule has 0 fully saturated rings. The Kier molecular flexibility index (Phi) is 9.52. The summed E-state index contributed by atoms with van der Waals surface area (Å²) in [5, 5.41) is 7.77. The Morgan fingerprint density at radius 3 is 2.40 bits per heavy atom. The molecule has 3 rings (SSSR count). The molecule has 9 heteroatoms. The first-order valence-corrected chi connectivity index (χ1v) is 11.5. The molecule has 7 nitrogen and oxygen atoms in total. The molecule has 0 heterocycles. The van der Waals surface area contributed by atoms with Crippen LogP contribution in [0.25, 0.3) is 0 Å². The smallest absolute Gasteiger partial charge is 0.240 e. The maximum absolute atomic E-state index is 12.0. The predicted molar refractivity (Wildman–Crippen MR) is 139 cm³/mol. The van der Waals surface area contributed by atoms with E-state index < -0.39 is 0 Å². The van der Waals surface area contributed by atoms with Crippen LogP contribution in [-0.2, 0) is 16.2 Å². The molecule has 0 bridgehead atoms. The Morgan fingerprint density at radius 1 is 0.943 bits per heavy atom. The van der Waals surface area contributed by atoms with Crippen LogP contribution < -0.4 is 20.2 Å². The molecule has 3 aromatic carbocycles. The Labute approximate surface area is 214 Å². The third kappa shape index (κ3) is 8.31. The van der Waals surface area contributed by atoms with Crippen LogP contribution in [0, 0.1) is 6.92 Å². The van der Waals surface area contributed by atoms with Crippen LogP contribution in [0.2, 0.25) is 10.0 Å². The van der Waals surface area contributed by atoms with Gasteiger partial charge in [0, 0.05) is 34.1 Å². The zero-order valence-electron chi connectivity index (χ0n) is 19.3. The lowest BCUT2D eigenvalue weighted by molar-refractivity contribution is -0.124. The molecule has 0 radical (unpaired) electrons.